The van der Waals surface area contributed by atoms with Crippen LogP contribution >= 0.6 is 23.2 Å². The van der Waals surface area contributed by atoms with E-state index >= 15 is 0 Å². The van der Waals surface area contributed by atoms with Crippen molar-refractivity contribution in [2.45, 2.75) is 69.0 Å². The molecule has 0 aromatic heterocycles. The van der Waals surface area contributed by atoms with Crippen LogP contribution in [-0.4, -0.2) is 50.9 Å². The van der Waals surface area contributed by atoms with Crippen LogP contribution in [0, 0.1) is 5.82 Å². The fourth-order valence-electron chi connectivity index (χ4n) is 5.31. The summed E-state index contributed by atoms with van der Waals surface area (Å²) < 4.78 is 47.9. The van der Waals surface area contributed by atoms with E-state index in [1.165, 1.54) is 48.4 Å². The molecule has 0 heterocycles. The SMILES string of the molecule is CC[C@@H](C(=O)NC1CCCCC1)N(Cc1ccc(Cl)cc1Cl)C(=O)CN(c1ccc(F)cc1)S(=O)(=O)c1ccc(OC)cc1. The first-order valence-corrected chi connectivity index (χ1v) is 16.7. The zero-order valence-electron chi connectivity index (χ0n) is 24.6. The van der Waals surface area contributed by atoms with Gasteiger partial charge in [-0.2, -0.15) is 0 Å². The maximum absolute atomic E-state index is 14.2. The number of anilines is 1. The molecule has 0 saturated heterocycles. The number of carbonyl (C=O) groups excluding carboxylic acids is 2. The minimum Gasteiger partial charge on any atom is -0.497 e. The Hall–Kier alpha value is -3.34. The number of nitrogens with one attached hydrogen (secondary N) is 1. The molecule has 0 unspecified atom stereocenters. The van der Waals surface area contributed by atoms with E-state index in [2.05, 4.69) is 5.32 Å². The number of benzene rings is 3. The number of ether oxygens (including phenoxy) is 1. The summed E-state index contributed by atoms with van der Waals surface area (Å²) in [5.74, 6) is -1.06. The van der Waals surface area contributed by atoms with Crippen molar-refractivity contribution in [3.05, 3.63) is 88.2 Å². The second-order valence-electron chi connectivity index (χ2n) is 10.7. The van der Waals surface area contributed by atoms with Crippen LogP contribution in [0.3, 0.4) is 0 Å². The fourth-order valence-corrected chi connectivity index (χ4v) is 7.19. The van der Waals surface area contributed by atoms with Crippen LogP contribution in [-0.2, 0) is 26.2 Å². The van der Waals surface area contributed by atoms with E-state index in [0.717, 1.165) is 48.5 Å². The number of hydrogen-bond acceptors (Lipinski definition) is 5. The van der Waals surface area contributed by atoms with Gasteiger partial charge in [-0.1, -0.05) is 55.5 Å². The maximum Gasteiger partial charge on any atom is 0.264 e. The lowest BCUT2D eigenvalue weighted by molar-refractivity contribution is -0.140. The van der Waals surface area contributed by atoms with E-state index in [9.17, 15) is 22.4 Å². The van der Waals surface area contributed by atoms with Gasteiger partial charge in [-0.3, -0.25) is 13.9 Å². The predicted octanol–water partition coefficient (Wildman–Crippen LogP) is 6.59. The summed E-state index contributed by atoms with van der Waals surface area (Å²) >= 11 is 12.6. The summed E-state index contributed by atoms with van der Waals surface area (Å²) in [4.78, 5) is 29.1. The first kappa shape index (κ1) is 33.6. The molecule has 1 atom stereocenters. The van der Waals surface area contributed by atoms with E-state index in [4.69, 9.17) is 27.9 Å². The van der Waals surface area contributed by atoms with Gasteiger partial charge in [0.15, 0.2) is 0 Å². The zero-order valence-corrected chi connectivity index (χ0v) is 27.0. The monoisotopic (exact) mass is 663 g/mol. The summed E-state index contributed by atoms with van der Waals surface area (Å²) in [6, 6.07) is 14.5. The Morgan fingerprint density at radius 3 is 2.25 bits per heavy atom. The van der Waals surface area contributed by atoms with Gasteiger partial charge in [0.2, 0.25) is 11.8 Å². The van der Waals surface area contributed by atoms with Crippen LogP contribution in [0.1, 0.15) is 51.0 Å². The van der Waals surface area contributed by atoms with Crippen molar-refractivity contribution >= 4 is 50.7 Å². The molecule has 1 aliphatic carbocycles. The molecule has 12 heteroatoms. The lowest BCUT2D eigenvalue weighted by Gasteiger charge is -2.34. The number of rotatable bonds is 12. The third-order valence-electron chi connectivity index (χ3n) is 7.73. The van der Waals surface area contributed by atoms with Crippen molar-refractivity contribution in [3.8, 4) is 5.75 Å². The standard InChI is InChI=1S/C32H36Cl2FN3O5S/c1-3-30(32(40)36-25-7-5-4-6-8-25)37(20-22-9-10-23(33)19-29(22)34)31(39)21-38(26-13-11-24(35)12-14-26)44(41,42)28-17-15-27(43-2)16-18-28/h9-19,25,30H,3-8,20-21H2,1-2H3,(H,36,40)/t30-/m0/s1. The van der Waals surface area contributed by atoms with Gasteiger partial charge in [0.05, 0.1) is 17.7 Å². The molecule has 3 aromatic rings. The van der Waals surface area contributed by atoms with E-state index in [-0.39, 0.29) is 35.5 Å². The number of amides is 2. The molecule has 2 amide bonds. The molecule has 1 aliphatic rings. The van der Waals surface area contributed by atoms with Crippen molar-refractivity contribution in [3.63, 3.8) is 0 Å². The van der Waals surface area contributed by atoms with Crippen LogP contribution in [0.15, 0.2) is 71.6 Å². The number of nitrogens with zero attached hydrogens (tertiary/aromatic N) is 2. The van der Waals surface area contributed by atoms with E-state index in [1.807, 2.05) is 0 Å². The van der Waals surface area contributed by atoms with Crippen LogP contribution < -0.4 is 14.4 Å². The van der Waals surface area contributed by atoms with Gasteiger partial charge in [0.1, 0.15) is 24.2 Å². The molecule has 0 bridgehead atoms. The van der Waals surface area contributed by atoms with Gasteiger partial charge >= 0.3 is 0 Å². The molecule has 0 spiro atoms. The minimum absolute atomic E-state index is 0.00698. The largest absolute Gasteiger partial charge is 0.497 e. The molecule has 1 fully saturated rings. The molecule has 8 nitrogen and oxygen atoms in total. The lowest BCUT2D eigenvalue weighted by Crippen LogP contribution is -2.54. The van der Waals surface area contributed by atoms with Crippen molar-refractivity contribution in [2.75, 3.05) is 18.0 Å². The van der Waals surface area contributed by atoms with E-state index in [0.29, 0.717) is 21.4 Å². The lowest BCUT2D eigenvalue weighted by atomic mass is 9.95. The Labute approximate surface area is 268 Å². The summed E-state index contributed by atoms with van der Waals surface area (Å²) in [7, 11) is -2.86. The molecule has 0 radical (unpaired) electrons. The minimum atomic E-state index is -4.32. The Kier molecular flexibility index (Phi) is 11.5. The molecule has 3 aromatic carbocycles. The van der Waals surface area contributed by atoms with Crippen molar-refractivity contribution < 1.29 is 27.1 Å². The third-order valence-corrected chi connectivity index (χ3v) is 10.1. The Balaban J connectivity index is 1.72. The first-order valence-electron chi connectivity index (χ1n) is 14.5. The van der Waals surface area contributed by atoms with Gasteiger partial charge in [-0.05, 0) is 85.5 Å². The van der Waals surface area contributed by atoms with Crippen LogP contribution in [0.5, 0.6) is 5.75 Å². The Morgan fingerprint density at radius 2 is 1.66 bits per heavy atom. The van der Waals surface area contributed by atoms with Crippen molar-refractivity contribution in [1.29, 1.82) is 0 Å². The molecule has 236 valence electrons. The van der Waals surface area contributed by atoms with Crippen LogP contribution in [0.25, 0.3) is 0 Å². The maximum atomic E-state index is 14.2. The Morgan fingerprint density at radius 1 is 1.00 bits per heavy atom. The van der Waals surface area contributed by atoms with E-state index in [1.54, 1.807) is 25.1 Å². The highest BCUT2D eigenvalue weighted by Gasteiger charge is 2.34. The van der Waals surface area contributed by atoms with Crippen molar-refractivity contribution in [2.24, 2.45) is 0 Å². The number of carbonyl (C=O) groups is 2. The highest BCUT2D eigenvalue weighted by molar-refractivity contribution is 7.92. The number of sulfonamides is 1. The summed E-state index contributed by atoms with van der Waals surface area (Å²) in [6.45, 7) is 1.07. The highest BCUT2D eigenvalue weighted by atomic mass is 35.5. The molecule has 1 saturated carbocycles. The van der Waals surface area contributed by atoms with Crippen LogP contribution in [0.4, 0.5) is 10.1 Å². The van der Waals surface area contributed by atoms with Gasteiger partial charge < -0.3 is 15.0 Å². The summed E-state index contributed by atoms with van der Waals surface area (Å²) in [5.41, 5.74) is 0.624. The second kappa shape index (κ2) is 15.1. The van der Waals surface area contributed by atoms with Gasteiger partial charge in [-0.15, -0.1) is 0 Å². The molecule has 1 N–H and O–H groups in total. The highest BCUT2D eigenvalue weighted by Crippen LogP contribution is 2.28. The predicted molar refractivity (Wildman–Crippen MR) is 170 cm³/mol. The topological polar surface area (TPSA) is 96.0 Å². The normalized spacial score (nSPS) is 14.5. The summed E-state index contributed by atoms with van der Waals surface area (Å²) in [5, 5.41) is 3.81. The van der Waals surface area contributed by atoms with Crippen molar-refractivity contribution in [1.82, 2.24) is 10.2 Å². The molecular weight excluding hydrogens is 628 g/mol. The average Bonchev–Trinajstić information content (AvgIpc) is 3.01. The molecule has 0 aliphatic heterocycles. The third kappa shape index (κ3) is 8.22. The molecule has 44 heavy (non-hydrogen) atoms. The number of methoxy groups -OCH3 is 1. The smallest absolute Gasteiger partial charge is 0.264 e. The second-order valence-corrected chi connectivity index (χ2v) is 13.4. The Bertz CT molecular complexity index is 1550. The van der Waals surface area contributed by atoms with Crippen LogP contribution in [0.2, 0.25) is 10.0 Å². The van der Waals surface area contributed by atoms with E-state index < -0.39 is 34.3 Å². The first-order chi connectivity index (χ1) is 21.0. The van der Waals surface area contributed by atoms with Gasteiger partial charge in [0.25, 0.3) is 10.0 Å². The molecular formula is C32H36Cl2FN3O5S. The quantitative estimate of drug-likeness (QED) is 0.236. The fraction of sp³-hybridized carbons (Fsp3) is 0.375. The summed E-state index contributed by atoms with van der Waals surface area (Å²) in [6.07, 6.45) is 5.14. The molecule has 4 rings (SSSR count). The number of halogens is 3. The average molecular weight is 665 g/mol. The number of hydrogen-bond donors (Lipinski definition) is 1. The van der Waals surface area contributed by atoms with Gasteiger partial charge in [-0.25, -0.2) is 12.8 Å². The zero-order chi connectivity index (χ0) is 31.9. The van der Waals surface area contributed by atoms with Gasteiger partial charge in [0, 0.05) is 22.6 Å².